The fourth-order valence-electron chi connectivity index (χ4n) is 4.02. The normalized spacial score (nSPS) is 17.1. The largest absolute Gasteiger partial charge is 0.348 e. The summed E-state index contributed by atoms with van der Waals surface area (Å²) in [6.07, 6.45) is 3.56. The molecular formula is C26H25FN4O3. The molecule has 1 unspecified atom stereocenters. The number of carbonyl (C=O) groups excluding carboxylic acids is 1. The van der Waals surface area contributed by atoms with Gasteiger partial charge in [0.25, 0.3) is 0 Å². The number of benzene rings is 2. The maximum Gasteiger partial charge on any atom is 0.319 e. The van der Waals surface area contributed by atoms with E-state index in [4.69, 9.17) is 9.47 Å². The lowest BCUT2D eigenvalue weighted by Crippen LogP contribution is -2.37. The molecule has 2 aromatic carbocycles. The van der Waals surface area contributed by atoms with Gasteiger partial charge < -0.3 is 20.1 Å². The molecule has 5 rings (SSSR count). The SMILES string of the molecule is CC1(C)OCC(CNC(=O)Nc2cccc(-c3cnc4cc(-c5ccc(F)cc5)ccn34)c2)O1. The van der Waals surface area contributed by atoms with E-state index in [0.29, 0.717) is 18.8 Å². The summed E-state index contributed by atoms with van der Waals surface area (Å²) in [5.41, 5.74) is 5.12. The number of pyridine rings is 1. The van der Waals surface area contributed by atoms with Gasteiger partial charge in [-0.05, 0) is 61.4 Å². The van der Waals surface area contributed by atoms with Gasteiger partial charge >= 0.3 is 6.03 Å². The van der Waals surface area contributed by atoms with Crippen LogP contribution in [0.15, 0.2) is 73.1 Å². The van der Waals surface area contributed by atoms with Crippen LogP contribution < -0.4 is 10.6 Å². The summed E-state index contributed by atoms with van der Waals surface area (Å²) < 4.78 is 26.4. The van der Waals surface area contributed by atoms with Crippen LogP contribution in [0.5, 0.6) is 0 Å². The van der Waals surface area contributed by atoms with Crippen molar-refractivity contribution in [2.24, 2.45) is 0 Å². The van der Waals surface area contributed by atoms with Crippen molar-refractivity contribution in [3.05, 3.63) is 78.9 Å². The quantitative estimate of drug-likeness (QED) is 0.435. The number of halogens is 1. The molecule has 8 heteroatoms. The average molecular weight is 461 g/mol. The van der Waals surface area contributed by atoms with Crippen molar-refractivity contribution in [3.8, 4) is 22.4 Å². The Bertz CT molecular complexity index is 1330. The number of nitrogens with zero attached hydrogens (tertiary/aromatic N) is 2. The Hall–Kier alpha value is -3.75. The molecule has 2 aromatic heterocycles. The number of rotatable bonds is 5. The molecule has 1 aliphatic rings. The fourth-order valence-corrected chi connectivity index (χ4v) is 4.02. The highest BCUT2D eigenvalue weighted by Gasteiger charge is 2.32. The molecule has 174 valence electrons. The zero-order chi connectivity index (χ0) is 23.7. The van der Waals surface area contributed by atoms with Crippen LogP contribution in [-0.2, 0) is 9.47 Å². The third-order valence-corrected chi connectivity index (χ3v) is 5.66. The number of carbonyl (C=O) groups is 1. The molecule has 2 N–H and O–H groups in total. The van der Waals surface area contributed by atoms with Gasteiger partial charge in [-0.2, -0.15) is 0 Å². The van der Waals surface area contributed by atoms with Crippen LogP contribution in [0.4, 0.5) is 14.9 Å². The highest BCUT2D eigenvalue weighted by atomic mass is 19.1. The lowest BCUT2D eigenvalue weighted by Gasteiger charge is -2.17. The van der Waals surface area contributed by atoms with Crippen LogP contribution in [0.1, 0.15) is 13.8 Å². The highest BCUT2D eigenvalue weighted by Crippen LogP contribution is 2.27. The molecule has 3 heterocycles. The fraction of sp³-hybridized carbons (Fsp3) is 0.231. The second-order valence-corrected chi connectivity index (χ2v) is 8.66. The zero-order valence-electron chi connectivity index (χ0n) is 18.9. The van der Waals surface area contributed by atoms with Gasteiger partial charge in [0.1, 0.15) is 17.6 Å². The van der Waals surface area contributed by atoms with E-state index in [2.05, 4.69) is 15.6 Å². The van der Waals surface area contributed by atoms with Gasteiger partial charge in [0.2, 0.25) is 0 Å². The van der Waals surface area contributed by atoms with Crippen LogP contribution in [0.25, 0.3) is 28.0 Å². The van der Waals surface area contributed by atoms with Crippen LogP contribution >= 0.6 is 0 Å². The maximum atomic E-state index is 13.2. The number of imidazole rings is 1. The number of urea groups is 1. The first-order valence-corrected chi connectivity index (χ1v) is 11.1. The molecule has 34 heavy (non-hydrogen) atoms. The first-order valence-electron chi connectivity index (χ1n) is 11.1. The molecule has 0 bridgehead atoms. The predicted octanol–water partition coefficient (Wildman–Crippen LogP) is 5.08. The van der Waals surface area contributed by atoms with E-state index in [1.165, 1.54) is 12.1 Å². The van der Waals surface area contributed by atoms with Crippen LogP contribution in [-0.4, -0.2) is 40.5 Å². The minimum Gasteiger partial charge on any atom is -0.348 e. The molecule has 1 atom stereocenters. The molecule has 0 saturated carbocycles. The Balaban J connectivity index is 1.29. The Kier molecular flexibility index (Phi) is 5.77. The van der Waals surface area contributed by atoms with Crippen LogP contribution in [0.3, 0.4) is 0 Å². The summed E-state index contributed by atoms with van der Waals surface area (Å²) in [5, 5.41) is 5.69. The minimum atomic E-state index is -0.620. The van der Waals surface area contributed by atoms with E-state index in [-0.39, 0.29) is 18.0 Å². The van der Waals surface area contributed by atoms with Crippen molar-refractivity contribution in [2.45, 2.75) is 25.7 Å². The Labute approximate surface area is 196 Å². The van der Waals surface area contributed by atoms with Crippen LogP contribution in [0.2, 0.25) is 0 Å². The Morgan fingerprint density at radius 2 is 1.94 bits per heavy atom. The van der Waals surface area contributed by atoms with Crippen molar-refractivity contribution < 1.29 is 18.7 Å². The minimum absolute atomic E-state index is 0.176. The Morgan fingerprint density at radius 1 is 1.12 bits per heavy atom. The standard InChI is InChI=1S/C26H25FN4O3/c1-26(2)33-16-22(34-26)14-29-25(32)30-21-5-3-4-19(12-21)23-15-28-24-13-18(10-11-31(23)24)17-6-8-20(27)9-7-17/h3-13,15,22H,14,16H2,1-2H3,(H2,29,30,32). The molecule has 1 saturated heterocycles. The third kappa shape index (κ3) is 4.78. The maximum absolute atomic E-state index is 13.2. The van der Waals surface area contributed by atoms with E-state index >= 15 is 0 Å². The zero-order valence-corrected chi connectivity index (χ0v) is 18.9. The van der Waals surface area contributed by atoms with Crippen molar-refractivity contribution in [1.82, 2.24) is 14.7 Å². The summed E-state index contributed by atoms with van der Waals surface area (Å²) in [7, 11) is 0. The molecule has 0 radical (unpaired) electrons. The number of amides is 2. The summed E-state index contributed by atoms with van der Waals surface area (Å²) in [4.78, 5) is 16.9. The first-order chi connectivity index (χ1) is 16.4. The van der Waals surface area contributed by atoms with Gasteiger partial charge in [0.05, 0.1) is 18.5 Å². The average Bonchev–Trinajstić information content (AvgIpc) is 3.40. The third-order valence-electron chi connectivity index (χ3n) is 5.66. The van der Waals surface area contributed by atoms with Crippen molar-refractivity contribution in [1.29, 1.82) is 0 Å². The first kappa shape index (κ1) is 22.1. The number of nitrogens with one attached hydrogen (secondary N) is 2. The van der Waals surface area contributed by atoms with Gasteiger partial charge in [0, 0.05) is 24.0 Å². The van der Waals surface area contributed by atoms with Gasteiger partial charge in [0.15, 0.2) is 5.79 Å². The molecule has 0 spiro atoms. The van der Waals surface area contributed by atoms with Crippen molar-refractivity contribution >= 4 is 17.4 Å². The smallest absolute Gasteiger partial charge is 0.319 e. The Morgan fingerprint density at radius 3 is 2.71 bits per heavy atom. The summed E-state index contributed by atoms with van der Waals surface area (Å²) >= 11 is 0. The second-order valence-electron chi connectivity index (χ2n) is 8.66. The summed E-state index contributed by atoms with van der Waals surface area (Å²) in [5.74, 6) is -0.884. The number of anilines is 1. The van der Waals surface area contributed by atoms with Crippen LogP contribution in [0, 0.1) is 5.82 Å². The molecule has 2 amide bonds. The highest BCUT2D eigenvalue weighted by molar-refractivity contribution is 5.90. The lowest BCUT2D eigenvalue weighted by atomic mass is 10.1. The van der Waals surface area contributed by atoms with Gasteiger partial charge in [-0.15, -0.1) is 0 Å². The van der Waals surface area contributed by atoms with E-state index in [1.54, 1.807) is 18.3 Å². The van der Waals surface area contributed by atoms with E-state index in [1.807, 2.05) is 60.8 Å². The van der Waals surface area contributed by atoms with Gasteiger partial charge in [-0.25, -0.2) is 14.2 Å². The lowest BCUT2D eigenvalue weighted by molar-refractivity contribution is -0.137. The number of hydrogen-bond donors (Lipinski definition) is 2. The number of fused-ring (bicyclic) bond motifs is 1. The number of aromatic nitrogens is 2. The summed E-state index contributed by atoms with van der Waals surface area (Å²) in [6.45, 7) is 4.50. The van der Waals surface area contributed by atoms with Crippen molar-refractivity contribution in [2.75, 3.05) is 18.5 Å². The van der Waals surface area contributed by atoms with E-state index < -0.39 is 5.79 Å². The predicted molar refractivity (Wildman–Crippen MR) is 128 cm³/mol. The summed E-state index contributed by atoms with van der Waals surface area (Å²) in [6, 6.07) is 17.6. The topological polar surface area (TPSA) is 76.9 Å². The molecule has 7 nitrogen and oxygen atoms in total. The van der Waals surface area contributed by atoms with Gasteiger partial charge in [-0.3, -0.25) is 4.40 Å². The van der Waals surface area contributed by atoms with Gasteiger partial charge in [-0.1, -0.05) is 24.3 Å². The monoisotopic (exact) mass is 460 g/mol. The second kappa shape index (κ2) is 8.89. The molecular weight excluding hydrogens is 435 g/mol. The van der Waals surface area contributed by atoms with E-state index in [9.17, 15) is 9.18 Å². The number of hydrogen-bond acceptors (Lipinski definition) is 4. The molecule has 4 aromatic rings. The molecule has 1 aliphatic heterocycles. The molecule has 0 aliphatic carbocycles. The number of ether oxygens (including phenoxy) is 2. The van der Waals surface area contributed by atoms with Crippen molar-refractivity contribution in [3.63, 3.8) is 0 Å². The van der Waals surface area contributed by atoms with E-state index in [0.717, 1.165) is 28.0 Å². The molecule has 1 fully saturated rings.